The van der Waals surface area contributed by atoms with E-state index >= 15 is 0 Å². The van der Waals surface area contributed by atoms with Gasteiger partial charge in [0.1, 0.15) is 0 Å². The third-order valence-electron chi connectivity index (χ3n) is 4.05. The number of imidazole rings is 1. The number of rotatable bonds is 3. The number of fused-ring (bicyclic) bond motifs is 1. The van der Waals surface area contributed by atoms with Crippen molar-refractivity contribution in [2.75, 3.05) is 0 Å². The summed E-state index contributed by atoms with van der Waals surface area (Å²) in [7, 11) is 0. The molecule has 0 saturated carbocycles. The first-order valence-electron chi connectivity index (χ1n) is 7.62. The number of aromatic nitrogens is 2. The van der Waals surface area contributed by atoms with Crippen LogP contribution in [0.2, 0.25) is 0 Å². The first-order valence-corrected chi connectivity index (χ1v) is 7.62. The highest BCUT2D eigenvalue weighted by atomic mass is 16.1. The third kappa shape index (κ3) is 2.57. The molecule has 0 N–H and O–H groups in total. The summed E-state index contributed by atoms with van der Waals surface area (Å²) in [6.45, 7) is 0.573. The van der Waals surface area contributed by atoms with Crippen molar-refractivity contribution in [2.45, 2.75) is 6.54 Å². The third-order valence-corrected chi connectivity index (χ3v) is 4.05. The van der Waals surface area contributed by atoms with Gasteiger partial charge in [-0.1, -0.05) is 54.6 Å². The van der Waals surface area contributed by atoms with Crippen molar-refractivity contribution in [1.29, 1.82) is 0 Å². The Kier molecular flexibility index (Phi) is 3.31. The number of para-hydroxylation sites is 1. The lowest BCUT2D eigenvalue weighted by Crippen LogP contribution is -2.23. The van der Waals surface area contributed by atoms with E-state index in [1.165, 1.54) is 10.8 Å². The molecule has 1 aromatic heterocycles. The van der Waals surface area contributed by atoms with E-state index in [1.54, 1.807) is 9.13 Å². The molecule has 0 aliphatic carbocycles. The fourth-order valence-electron chi connectivity index (χ4n) is 2.85. The van der Waals surface area contributed by atoms with Crippen molar-refractivity contribution in [1.82, 2.24) is 9.13 Å². The van der Waals surface area contributed by atoms with Gasteiger partial charge in [-0.2, -0.15) is 0 Å². The molecule has 0 amide bonds. The van der Waals surface area contributed by atoms with Gasteiger partial charge in [0.05, 0.1) is 12.2 Å². The molecule has 4 aromatic rings. The summed E-state index contributed by atoms with van der Waals surface area (Å²) in [5.74, 6) is 0. The second-order valence-corrected chi connectivity index (χ2v) is 5.60. The molecular formula is C20H16N2O. The standard InChI is InChI=1S/C20H16N2O/c23-20-21(12-13-22(20)19-8-2-1-3-9-19)15-16-10-11-17-6-4-5-7-18(17)14-16/h1-14H,15H2. The van der Waals surface area contributed by atoms with Crippen molar-refractivity contribution >= 4 is 10.8 Å². The van der Waals surface area contributed by atoms with Crippen LogP contribution < -0.4 is 5.69 Å². The maximum absolute atomic E-state index is 12.6. The molecule has 0 saturated heterocycles. The van der Waals surface area contributed by atoms with Gasteiger partial charge < -0.3 is 0 Å². The largest absolute Gasteiger partial charge is 0.333 e. The first-order chi connectivity index (χ1) is 11.3. The molecule has 1 heterocycles. The topological polar surface area (TPSA) is 26.9 Å². The summed E-state index contributed by atoms with van der Waals surface area (Å²) in [4.78, 5) is 12.6. The van der Waals surface area contributed by atoms with Crippen LogP contribution in [0, 0.1) is 0 Å². The van der Waals surface area contributed by atoms with Gasteiger partial charge in [0.15, 0.2) is 0 Å². The zero-order chi connectivity index (χ0) is 15.6. The molecule has 23 heavy (non-hydrogen) atoms. The maximum atomic E-state index is 12.6. The lowest BCUT2D eigenvalue weighted by Gasteiger charge is -2.05. The number of hydrogen-bond donors (Lipinski definition) is 0. The zero-order valence-corrected chi connectivity index (χ0v) is 12.6. The zero-order valence-electron chi connectivity index (χ0n) is 12.6. The van der Waals surface area contributed by atoms with Gasteiger partial charge in [0.25, 0.3) is 0 Å². The molecule has 0 radical (unpaired) electrons. The molecular weight excluding hydrogens is 284 g/mol. The second kappa shape index (κ2) is 5.61. The lowest BCUT2D eigenvalue weighted by atomic mass is 10.1. The van der Waals surface area contributed by atoms with Crippen LogP contribution >= 0.6 is 0 Å². The predicted octanol–water partition coefficient (Wildman–Crippen LogP) is 3.84. The van der Waals surface area contributed by atoms with Crippen LogP contribution in [0.5, 0.6) is 0 Å². The summed E-state index contributed by atoms with van der Waals surface area (Å²) in [5, 5.41) is 2.41. The van der Waals surface area contributed by atoms with Crippen molar-refractivity contribution in [3.63, 3.8) is 0 Å². The Labute approximate surface area is 134 Å². The minimum atomic E-state index is -0.0237. The average molecular weight is 300 g/mol. The quantitative estimate of drug-likeness (QED) is 0.565. The van der Waals surface area contributed by atoms with Crippen LogP contribution in [0.1, 0.15) is 5.56 Å². The van der Waals surface area contributed by atoms with Crippen molar-refractivity contribution in [3.05, 3.63) is 101 Å². The molecule has 112 valence electrons. The van der Waals surface area contributed by atoms with Gasteiger partial charge in [0, 0.05) is 12.4 Å². The van der Waals surface area contributed by atoms with Crippen molar-refractivity contribution in [2.24, 2.45) is 0 Å². The molecule has 0 aliphatic heterocycles. The molecule has 0 aliphatic rings. The number of benzene rings is 3. The van der Waals surface area contributed by atoms with Crippen molar-refractivity contribution in [3.8, 4) is 5.69 Å². The van der Waals surface area contributed by atoms with Crippen LogP contribution in [0.25, 0.3) is 16.5 Å². The highest BCUT2D eigenvalue weighted by Crippen LogP contribution is 2.16. The number of hydrogen-bond acceptors (Lipinski definition) is 1. The van der Waals surface area contributed by atoms with E-state index < -0.39 is 0 Å². The molecule has 3 aromatic carbocycles. The number of nitrogens with zero attached hydrogens (tertiary/aromatic N) is 2. The van der Waals surface area contributed by atoms with Gasteiger partial charge in [-0.05, 0) is 34.5 Å². The van der Waals surface area contributed by atoms with Crippen LogP contribution in [0.4, 0.5) is 0 Å². The SMILES string of the molecule is O=c1n(Cc2ccc3ccccc3c2)ccn1-c1ccccc1. The van der Waals surface area contributed by atoms with E-state index in [-0.39, 0.29) is 5.69 Å². The van der Waals surface area contributed by atoms with Crippen LogP contribution in [-0.4, -0.2) is 9.13 Å². The normalized spacial score (nSPS) is 11.0. The summed E-state index contributed by atoms with van der Waals surface area (Å²) in [5.41, 5.74) is 1.98. The van der Waals surface area contributed by atoms with Crippen LogP contribution in [0.15, 0.2) is 90.0 Å². The Hall–Kier alpha value is -3.07. The minimum absolute atomic E-state index is 0.0237. The molecule has 0 fully saturated rings. The Morgan fingerprint density at radius 3 is 2.30 bits per heavy atom. The maximum Gasteiger partial charge on any atom is 0.333 e. The monoisotopic (exact) mass is 300 g/mol. The average Bonchev–Trinajstić information content (AvgIpc) is 2.96. The summed E-state index contributed by atoms with van der Waals surface area (Å²) in [6.07, 6.45) is 3.66. The summed E-state index contributed by atoms with van der Waals surface area (Å²) in [6, 6.07) is 24.2. The summed E-state index contributed by atoms with van der Waals surface area (Å²) < 4.78 is 3.40. The van der Waals surface area contributed by atoms with Gasteiger partial charge in [-0.15, -0.1) is 0 Å². The summed E-state index contributed by atoms with van der Waals surface area (Å²) >= 11 is 0. The molecule has 4 rings (SSSR count). The molecule has 3 heteroatoms. The molecule has 0 spiro atoms. The Morgan fingerprint density at radius 1 is 0.739 bits per heavy atom. The molecule has 0 bridgehead atoms. The van der Waals surface area contributed by atoms with E-state index in [0.717, 1.165) is 11.3 Å². The fourth-order valence-corrected chi connectivity index (χ4v) is 2.85. The minimum Gasteiger partial charge on any atom is -0.294 e. The Bertz CT molecular complexity index is 1010. The predicted molar refractivity (Wildman–Crippen MR) is 93.1 cm³/mol. The highest BCUT2D eigenvalue weighted by Gasteiger charge is 2.06. The first kappa shape index (κ1) is 13.6. The van der Waals surface area contributed by atoms with E-state index in [2.05, 4.69) is 30.3 Å². The van der Waals surface area contributed by atoms with Gasteiger partial charge >= 0.3 is 5.69 Å². The van der Waals surface area contributed by atoms with Crippen molar-refractivity contribution < 1.29 is 0 Å². The second-order valence-electron chi connectivity index (χ2n) is 5.60. The smallest absolute Gasteiger partial charge is 0.294 e. The lowest BCUT2D eigenvalue weighted by molar-refractivity contribution is 0.743. The molecule has 3 nitrogen and oxygen atoms in total. The highest BCUT2D eigenvalue weighted by molar-refractivity contribution is 5.82. The Morgan fingerprint density at radius 2 is 1.48 bits per heavy atom. The van der Waals surface area contributed by atoms with Crippen LogP contribution in [-0.2, 0) is 6.54 Å². The van der Waals surface area contributed by atoms with Gasteiger partial charge in [-0.25, -0.2) is 4.79 Å². The van der Waals surface area contributed by atoms with E-state index in [0.29, 0.717) is 6.54 Å². The molecule has 0 unspecified atom stereocenters. The fraction of sp³-hybridized carbons (Fsp3) is 0.0500. The van der Waals surface area contributed by atoms with Crippen LogP contribution in [0.3, 0.4) is 0 Å². The Balaban J connectivity index is 1.69. The van der Waals surface area contributed by atoms with E-state index in [4.69, 9.17) is 0 Å². The van der Waals surface area contributed by atoms with Gasteiger partial charge in [-0.3, -0.25) is 9.13 Å². The van der Waals surface area contributed by atoms with E-state index in [9.17, 15) is 4.79 Å². The van der Waals surface area contributed by atoms with Gasteiger partial charge in [0.2, 0.25) is 0 Å². The molecule has 0 atom stereocenters. The van der Waals surface area contributed by atoms with E-state index in [1.807, 2.05) is 54.9 Å².